The van der Waals surface area contributed by atoms with Crippen LogP contribution in [0.1, 0.15) is 26.3 Å². The highest BCUT2D eigenvalue weighted by Gasteiger charge is 2.33. The minimum absolute atomic E-state index is 0.0628. The fourth-order valence-electron chi connectivity index (χ4n) is 3.14. The van der Waals surface area contributed by atoms with Gasteiger partial charge in [-0.3, -0.25) is 0 Å². The number of aromatic nitrogens is 2. The van der Waals surface area contributed by atoms with Gasteiger partial charge in [0.1, 0.15) is 12.5 Å². The monoisotopic (exact) mass is 523 g/mol. The number of hydrogen-bond acceptors (Lipinski definition) is 6. The number of nitrogens with one attached hydrogen (secondary N) is 2. The molecule has 3 N–H and O–H groups in total. The van der Waals surface area contributed by atoms with Crippen LogP contribution >= 0.6 is 11.6 Å². The van der Waals surface area contributed by atoms with E-state index in [0.717, 1.165) is 12.1 Å². The highest BCUT2D eigenvalue weighted by atomic mass is 35.5. The fraction of sp³-hybridized carbons (Fsp3) is 0.292. The van der Waals surface area contributed by atoms with E-state index in [9.17, 15) is 23.1 Å². The summed E-state index contributed by atoms with van der Waals surface area (Å²) in [6.45, 7) is 6.36. The molecule has 0 saturated carbocycles. The topological polar surface area (TPSA) is 99.6 Å². The first kappa shape index (κ1) is 27.0. The molecule has 0 aliphatic carbocycles. The van der Waals surface area contributed by atoms with Crippen molar-refractivity contribution in [3.63, 3.8) is 0 Å². The molecule has 8 nitrogen and oxygen atoms in total. The summed E-state index contributed by atoms with van der Waals surface area (Å²) in [5.74, 6) is 0.995. The van der Waals surface area contributed by atoms with Gasteiger partial charge in [0.2, 0.25) is 11.8 Å². The van der Waals surface area contributed by atoms with Crippen LogP contribution in [0.5, 0.6) is 11.6 Å². The molecular formula is C24H25ClF3N5O3. The third-order valence-electron chi connectivity index (χ3n) is 4.60. The van der Waals surface area contributed by atoms with Gasteiger partial charge in [-0.15, -0.1) is 0 Å². The van der Waals surface area contributed by atoms with Gasteiger partial charge < -0.3 is 25.4 Å². The predicted octanol–water partition coefficient (Wildman–Crippen LogP) is 6.39. The van der Waals surface area contributed by atoms with Gasteiger partial charge in [0.05, 0.1) is 10.6 Å². The summed E-state index contributed by atoms with van der Waals surface area (Å²) in [6, 6.07) is 10.2. The van der Waals surface area contributed by atoms with E-state index in [0.29, 0.717) is 23.9 Å². The molecule has 0 fully saturated rings. The summed E-state index contributed by atoms with van der Waals surface area (Å²) in [5, 5.41) is 14.1. The molecule has 0 aliphatic rings. The first-order chi connectivity index (χ1) is 16.8. The number of hydrogen-bond donors (Lipinski definition) is 3. The number of amides is 2. The minimum atomic E-state index is -4.64. The average Bonchev–Trinajstić information content (AvgIpc) is 2.79. The molecule has 192 valence electrons. The summed E-state index contributed by atoms with van der Waals surface area (Å²) in [7, 11) is 0. The van der Waals surface area contributed by atoms with E-state index in [1.165, 1.54) is 12.3 Å². The normalized spacial score (nSPS) is 11.7. The molecule has 1 aromatic heterocycles. The lowest BCUT2D eigenvalue weighted by atomic mass is 9.96. The molecule has 0 atom stereocenters. The second-order valence-electron chi connectivity index (χ2n) is 8.99. The van der Waals surface area contributed by atoms with E-state index >= 15 is 0 Å². The Morgan fingerprint density at radius 1 is 1.06 bits per heavy atom. The van der Waals surface area contributed by atoms with Crippen LogP contribution in [-0.2, 0) is 6.18 Å². The first-order valence-electron chi connectivity index (χ1n) is 10.8. The lowest BCUT2D eigenvalue weighted by Gasteiger charge is -2.28. The Hall–Kier alpha value is -3.57. The second-order valence-corrected chi connectivity index (χ2v) is 9.40. The van der Waals surface area contributed by atoms with Crippen LogP contribution in [0.3, 0.4) is 0 Å². The van der Waals surface area contributed by atoms with E-state index in [1.54, 1.807) is 35.2 Å². The van der Waals surface area contributed by atoms with Crippen molar-refractivity contribution >= 4 is 35.0 Å². The van der Waals surface area contributed by atoms with E-state index in [1.807, 2.05) is 20.8 Å². The van der Waals surface area contributed by atoms with Crippen LogP contribution in [0.4, 0.5) is 35.3 Å². The number of rotatable bonds is 7. The van der Waals surface area contributed by atoms with Crippen molar-refractivity contribution in [2.75, 3.05) is 28.8 Å². The van der Waals surface area contributed by atoms with Crippen molar-refractivity contribution in [3.05, 3.63) is 65.3 Å². The number of anilines is 3. The molecule has 36 heavy (non-hydrogen) atoms. The Morgan fingerprint density at radius 2 is 1.69 bits per heavy atom. The maximum Gasteiger partial charge on any atom is 0.417 e. The molecular weight excluding hydrogens is 499 g/mol. The Morgan fingerprint density at radius 3 is 2.31 bits per heavy atom. The average molecular weight is 524 g/mol. The number of aliphatic hydroxyl groups is 1. The molecule has 0 bridgehead atoms. The number of urea groups is 1. The largest absolute Gasteiger partial charge is 0.439 e. The number of carbonyl (C=O) groups excluding carboxylic acids is 1. The van der Waals surface area contributed by atoms with Crippen molar-refractivity contribution < 1.29 is 27.8 Å². The van der Waals surface area contributed by atoms with Gasteiger partial charge in [-0.25, -0.2) is 9.78 Å². The third kappa shape index (κ3) is 7.72. The lowest BCUT2D eigenvalue weighted by Crippen LogP contribution is -2.34. The number of nitrogens with zero attached hydrogens (tertiary/aromatic N) is 3. The van der Waals surface area contributed by atoms with Crippen LogP contribution in [0.2, 0.25) is 5.02 Å². The second kappa shape index (κ2) is 11.0. The number of ether oxygens (including phenoxy) is 1. The lowest BCUT2D eigenvalue weighted by molar-refractivity contribution is -0.137. The number of halogens is 4. The van der Waals surface area contributed by atoms with E-state index in [2.05, 4.69) is 20.6 Å². The van der Waals surface area contributed by atoms with E-state index in [4.69, 9.17) is 16.3 Å². The molecule has 2 aromatic carbocycles. The van der Waals surface area contributed by atoms with Gasteiger partial charge in [-0.2, -0.15) is 18.2 Å². The van der Waals surface area contributed by atoms with Crippen LogP contribution in [0.25, 0.3) is 0 Å². The molecule has 0 aliphatic heterocycles. The Bertz CT molecular complexity index is 1200. The molecule has 3 rings (SSSR count). The van der Waals surface area contributed by atoms with Crippen molar-refractivity contribution in [1.29, 1.82) is 0 Å². The zero-order valence-electron chi connectivity index (χ0n) is 19.7. The van der Waals surface area contributed by atoms with Gasteiger partial charge in [0.25, 0.3) is 0 Å². The maximum absolute atomic E-state index is 13.0. The number of aliphatic hydroxyl groups excluding tert-OH is 1. The maximum atomic E-state index is 13.0. The summed E-state index contributed by atoms with van der Waals surface area (Å²) in [6.07, 6.45) is -3.13. The van der Waals surface area contributed by atoms with Gasteiger partial charge >= 0.3 is 12.2 Å². The predicted molar refractivity (Wildman–Crippen MR) is 132 cm³/mol. The summed E-state index contributed by atoms with van der Waals surface area (Å²) in [4.78, 5) is 22.4. The summed E-state index contributed by atoms with van der Waals surface area (Å²) >= 11 is 5.60. The number of benzene rings is 2. The van der Waals surface area contributed by atoms with E-state index < -0.39 is 22.8 Å². The standard InChI is InChI=1S/C24H25ClF3N5O3/c1-23(2,3)13-33(14-34)21-29-11-10-20(32-21)36-17-7-4-15(5-8-17)30-22(35)31-16-6-9-19(25)18(12-16)24(26,27)28/h4-12,34H,13-14H2,1-3H3,(H2,30,31,35). The molecule has 1 heterocycles. The van der Waals surface area contributed by atoms with Gasteiger partial charge in [0.15, 0.2) is 0 Å². The summed E-state index contributed by atoms with van der Waals surface area (Å²) < 4.78 is 44.8. The minimum Gasteiger partial charge on any atom is -0.439 e. The molecule has 12 heteroatoms. The van der Waals surface area contributed by atoms with E-state index in [-0.39, 0.29) is 23.7 Å². The van der Waals surface area contributed by atoms with Crippen LogP contribution < -0.4 is 20.3 Å². The van der Waals surface area contributed by atoms with Crippen LogP contribution in [-0.4, -0.2) is 34.4 Å². The quantitative estimate of drug-likeness (QED) is 0.310. The van der Waals surface area contributed by atoms with Crippen molar-refractivity contribution in [2.45, 2.75) is 26.9 Å². The van der Waals surface area contributed by atoms with Crippen LogP contribution in [0, 0.1) is 5.41 Å². The molecule has 0 radical (unpaired) electrons. The van der Waals surface area contributed by atoms with Gasteiger partial charge in [0, 0.05) is 30.2 Å². The molecule has 0 unspecified atom stereocenters. The van der Waals surface area contributed by atoms with Gasteiger partial charge in [-0.1, -0.05) is 32.4 Å². The van der Waals surface area contributed by atoms with Crippen molar-refractivity contribution in [3.8, 4) is 11.6 Å². The molecule has 0 saturated heterocycles. The number of carbonyl (C=O) groups is 1. The Balaban J connectivity index is 1.62. The number of alkyl halides is 3. The molecule has 0 spiro atoms. The Labute approximate surface area is 211 Å². The fourth-order valence-corrected chi connectivity index (χ4v) is 3.36. The third-order valence-corrected chi connectivity index (χ3v) is 4.93. The zero-order chi connectivity index (χ0) is 26.5. The van der Waals surface area contributed by atoms with Crippen LogP contribution in [0.15, 0.2) is 54.7 Å². The summed E-state index contributed by atoms with van der Waals surface area (Å²) in [5.41, 5.74) is -0.819. The SMILES string of the molecule is CC(C)(C)CN(CO)c1nccc(Oc2ccc(NC(=O)Nc3ccc(Cl)c(C(F)(F)F)c3)cc2)n1. The highest BCUT2D eigenvalue weighted by Crippen LogP contribution is 2.36. The smallest absolute Gasteiger partial charge is 0.417 e. The first-order valence-corrected chi connectivity index (χ1v) is 11.1. The Kier molecular flexibility index (Phi) is 8.26. The highest BCUT2D eigenvalue weighted by molar-refractivity contribution is 6.31. The van der Waals surface area contributed by atoms with Gasteiger partial charge in [-0.05, 0) is 47.9 Å². The molecule has 2 amide bonds. The zero-order valence-corrected chi connectivity index (χ0v) is 20.5. The van der Waals surface area contributed by atoms with Crippen molar-refractivity contribution in [1.82, 2.24) is 9.97 Å². The van der Waals surface area contributed by atoms with Crippen molar-refractivity contribution in [2.24, 2.45) is 5.41 Å². The molecule has 3 aromatic rings.